The first-order valence-electron chi connectivity index (χ1n) is 9.64. The van der Waals surface area contributed by atoms with Crippen LogP contribution < -0.4 is 4.74 Å². The third-order valence-corrected chi connectivity index (χ3v) is 6.87. The largest absolute Gasteiger partial charge is 0.497 e. The molecule has 2 aliphatic rings. The first-order valence-corrected chi connectivity index (χ1v) is 9.64. The number of piperidine rings is 1. The summed E-state index contributed by atoms with van der Waals surface area (Å²) in [6.07, 6.45) is 1.55. The third-order valence-electron chi connectivity index (χ3n) is 6.87. The Balaban J connectivity index is 1.93. The molecule has 5 heteroatoms. The van der Waals surface area contributed by atoms with Gasteiger partial charge in [-0.15, -0.1) is 0 Å². The Bertz CT molecular complexity index is 927. The van der Waals surface area contributed by atoms with Crippen LogP contribution >= 0.6 is 0 Å². The Hall–Kier alpha value is -2.37. The predicted octanol–water partition coefficient (Wildman–Crippen LogP) is 2.89. The zero-order chi connectivity index (χ0) is 20.1. The third kappa shape index (κ3) is 2.50. The first kappa shape index (κ1) is 19.0. The lowest BCUT2D eigenvalue weighted by molar-refractivity contribution is -0.141. The molecular weight excluding hydrogens is 354 g/mol. The van der Waals surface area contributed by atoms with Gasteiger partial charge in [-0.2, -0.15) is 0 Å². The van der Waals surface area contributed by atoms with Crippen molar-refractivity contribution in [2.24, 2.45) is 0 Å². The van der Waals surface area contributed by atoms with Crippen LogP contribution in [-0.4, -0.2) is 49.8 Å². The van der Waals surface area contributed by atoms with E-state index >= 15 is 0 Å². The molecular formula is C23H27NO4. The molecule has 1 saturated heterocycles. The molecule has 0 spiro atoms. The second-order valence-corrected chi connectivity index (χ2v) is 8.14. The van der Waals surface area contributed by atoms with Crippen LogP contribution in [0.25, 0.3) is 0 Å². The number of methoxy groups -OCH3 is 2. The van der Waals surface area contributed by atoms with Crippen LogP contribution in [0.1, 0.15) is 40.4 Å². The lowest BCUT2D eigenvalue weighted by Gasteiger charge is -2.60. The highest BCUT2D eigenvalue weighted by atomic mass is 16.5. The molecule has 5 nitrogen and oxygen atoms in total. The minimum atomic E-state index is -1.14. The molecule has 148 valence electrons. The number of carbonyl (C=O) groups is 1. The van der Waals surface area contributed by atoms with Gasteiger partial charge in [0.2, 0.25) is 0 Å². The van der Waals surface area contributed by atoms with Crippen LogP contribution in [0.3, 0.4) is 0 Å². The van der Waals surface area contributed by atoms with Crippen LogP contribution in [0.5, 0.6) is 5.75 Å². The highest BCUT2D eigenvalue weighted by molar-refractivity contribution is 5.89. The second-order valence-electron chi connectivity index (χ2n) is 8.14. The monoisotopic (exact) mass is 381 g/mol. The van der Waals surface area contributed by atoms with Crippen molar-refractivity contribution in [3.05, 3.63) is 64.7 Å². The van der Waals surface area contributed by atoms with Gasteiger partial charge >= 0.3 is 5.97 Å². The standard InChI is InChI=1S/C23H27NO4/c1-22-10-11-24(2)20(13-15-8-9-18(27-3)14-19(15)22)23(22,26)17-7-5-6-16(12-17)21(25)28-4/h5-9,12,14,20,26H,10-11,13H2,1-4H3/t20?,22-,23+/m1/s1. The summed E-state index contributed by atoms with van der Waals surface area (Å²) in [6.45, 7) is 3.03. The molecule has 3 atom stereocenters. The summed E-state index contributed by atoms with van der Waals surface area (Å²) in [7, 11) is 5.10. The fourth-order valence-electron chi connectivity index (χ4n) is 5.17. The molecule has 0 amide bonds. The number of fused-ring (bicyclic) bond motifs is 4. The zero-order valence-electron chi connectivity index (χ0n) is 16.9. The number of ether oxygens (including phenoxy) is 2. The maximum atomic E-state index is 12.3. The van der Waals surface area contributed by atoms with Gasteiger partial charge in [-0.05, 0) is 67.4 Å². The van der Waals surface area contributed by atoms with Crippen molar-refractivity contribution in [1.82, 2.24) is 4.90 Å². The van der Waals surface area contributed by atoms with E-state index in [0.29, 0.717) is 5.56 Å². The van der Waals surface area contributed by atoms with Gasteiger partial charge in [0.25, 0.3) is 0 Å². The number of likely N-dealkylation sites (N-methyl/N-ethyl adjacent to an activating group) is 1. The smallest absolute Gasteiger partial charge is 0.337 e. The topological polar surface area (TPSA) is 59.0 Å². The molecule has 1 aliphatic carbocycles. The van der Waals surface area contributed by atoms with Crippen molar-refractivity contribution < 1.29 is 19.4 Å². The maximum Gasteiger partial charge on any atom is 0.337 e. The van der Waals surface area contributed by atoms with Gasteiger partial charge in [0.05, 0.1) is 19.8 Å². The molecule has 2 aromatic rings. The molecule has 2 bridgehead atoms. The Labute approximate surface area is 165 Å². The van der Waals surface area contributed by atoms with E-state index in [2.05, 4.69) is 31.0 Å². The van der Waals surface area contributed by atoms with Gasteiger partial charge in [-0.1, -0.05) is 25.1 Å². The van der Waals surface area contributed by atoms with Crippen LogP contribution in [0.2, 0.25) is 0 Å². The molecule has 1 aliphatic heterocycles. The summed E-state index contributed by atoms with van der Waals surface area (Å²) >= 11 is 0. The number of benzene rings is 2. The molecule has 0 radical (unpaired) electrons. The molecule has 1 fully saturated rings. The predicted molar refractivity (Wildman–Crippen MR) is 107 cm³/mol. The summed E-state index contributed by atoms with van der Waals surface area (Å²) in [5.74, 6) is 0.398. The lowest BCUT2D eigenvalue weighted by atomic mass is 9.53. The first-order chi connectivity index (χ1) is 13.3. The number of nitrogens with zero attached hydrogens (tertiary/aromatic N) is 1. The molecule has 1 heterocycles. The number of hydrogen-bond acceptors (Lipinski definition) is 5. The van der Waals surface area contributed by atoms with Crippen LogP contribution in [0.4, 0.5) is 0 Å². The van der Waals surface area contributed by atoms with Crippen molar-refractivity contribution in [3.63, 3.8) is 0 Å². The van der Waals surface area contributed by atoms with Crippen LogP contribution in [0.15, 0.2) is 42.5 Å². The molecule has 2 aromatic carbocycles. The number of carbonyl (C=O) groups excluding carboxylic acids is 1. The van der Waals surface area contributed by atoms with Crippen molar-refractivity contribution in [3.8, 4) is 5.75 Å². The van der Waals surface area contributed by atoms with E-state index < -0.39 is 17.0 Å². The number of likely N-dealkylation sites (tertiary alicyclic amines) is 1. The lowest BCUT2D eigenvalue weighted by Crippen LogP contribution is -2.67. The average molecular weight is 381 g/mol. The van der Waals surface area contributed by atoms with E-state index in [1.807, 2.05) is 18.2 Å². The van der Waals surface area contributed by atoms with E-state index in [4.69, 9.17) is 9.47 Å². The number of hydrogen-bond donors (Lipinski definition) is 1. The highest BCUT2D eigenvalue weighted by Crippen LogP contribution is 2.56. The van der Waals surface area contributed by atoms with Gasteiger partial charge in [0, 0.05) is 11.5 Å². The zero-order valence-corrected chi connectivity index (χ0v) is 16.9. The Morgan fingerprint density at radius 2 is 2.00 bits per heavy atom. The van der Waals surface area contributed by atoms with Gasteiger partial charge in [0.15, 0.2) is 0 Å². The van der Waals surface area contributed by atoms with Crippen molar-refractivity contribution >= 4 is 5.97 Å². The van der Waals surface area contributed by atoms with Gasteiger partial charge in [0.1, 0.15) is 11.4 Å². The van der Waals surface area contributed by atoms with Gasteiger partial charge in [-0.25, -0.2) is 4.79 Å². The normalized spacial score (nSPS) is 29.1. The average Bonchev–Trinajstić information content (AvgIpc) is 2.72. The highest BCUT2D eigenvalue weighted by Gasteiger charge is 2.60. The number of esters is 1. The van der Waals surface area contributed by atoms with E-state index in [0.717, 1.165) is 36.3 Å². The number of rotatable bonds is 3. The SMILES string of the molecule is COC(=O)c1cccc([C@]2(O)C3Cc4ccc(OC)cc4[C@@]2(C)CCN3C)c1. The van der Waals surface area contributed by atoms with Gasteiger partial charge in [-0.3, -0.25) is 4.90 Å². The summed E-state index contributed by atoms with van der Waals surface area (Å²) in [4.78, 5) is 14.3. The van der Waals surface area contributed by atoms with E-state index in [-0.39, 0.29) is 6.04 Å². The van der Waals surface area contributed by atoms with Crippen molar-refractivity contribution in [1.29, 1.82) is 0 Å². The Morgan fingerprint density at radius 3 is 2.71 bits per heavy atom. The van der Waals surface area contributed by atoms with Crippen LogP contribution in [-0.2, 0) is 22.2 Å². The molecule has 1 unspecified atom stereocenters. The van der Waals surface area contributed by atoms with Crippen molar-refractivity contribution in [2.45, 2.75) is 36.8 Å². The minimum Gasteiger partial charge on any atom is -0.497 e. The maximum absolute atomic E-state index is 12.3. The fraction of sp³-hybridized carbons (Fsp3) is 0.435. The van der Waals surface area contributed by atoms with Crippen LogP contribution in [0, 0.1) is 0 Å². The molecule has 28 heavy (non-hydrogen) atoms. The Kier molecular flexibility index (Phi) is 4.47. The number of aliphatic hydroxyl groups is 1. The summed E-state index contributed by atoms with van der Waals surface area (Å²) in [5.41, 5.74) is 1.94. The van der Waals surface area contributed by atoms with E-state index in [9.17, 15) is 9.90 Å². The summed E-state index contributed by atoms with van der Waals surface area (Å²) < 4.78 is 10.4. The molecule has 0 aromatic heterocycles. The molecule has 0 saturated carbocycles. The quantitative estimate of drug-likeness (QED) is 0.829. The minimum absolute atomic E-state index is 0.0833. The van der Waals surface area contributed by atoms with Crippen molar-refractivity contribution in [2.75, 3.05) is 27.8 Å². The fourth-order valence-corrected chi connectivity index (χ4v) is 5.17. The van der Waals surface area contributed by atoms with E-state index in [1.54, 1.807) is 19.2 Å². The summed E-state index contributed by atoms with van der Waals surface area (Å²) in [6, 6.07) is 13.3. The van der Waals surface area contributed by atoms with Gasteiger partial charge < -0.3 is 14.6 Å². The summed E-state index contributed by atoms with van der Waals surface area (Å²) in [5, 5.41) is 12.3. The second kappa shape index (κ2) is 6.61. The molecule has 1 N–H and O–H groups in total. The van der Waals surface area contributed by atoms with E-state index in [1.165, 1.54) is 12.7 Å². The molecule has 4 rings (SSSR count). The Morgan fingerprint density at radius 1 is 1.21 bits per heavy atom.